The van der Waals surface area contributed by atoms with Gasteiger partial charge in [-0.3, -0.25) is 0 Å². The van der Waals surface area contributed by atoms with Gasteiger partial charge in [0.15, 0.2) is 0 Å². The van der Waals surface area contributed by atoms with E-state index in [-0.39, 0.29) is 0 Å². The Labute approximate surface area is 117 Å². The number of hydrogen-bond acceptors (Lipinski definition) is 2. The Balaban J connectivity index is 2.25. The van der Waals surface area contributed by atoms with Crippen LogP contribution in [0.15, 0.2) is 33.6 Å². The predicted octanol–water partition coefficient (Wildman–Crippen LogP) is 3.26. The van der Waals surface area contributed by atoms with Crippen LogP contribution in [0, 0.1) is 5.92 Å². The van der Waals surface area contributed by atoms with Gasteiger partial charge >= 0.3 is 0 Å². The summed E-state index contributed by atoms with van der Waals surface area (Å²) in [5, 5.41) is 0. The molecule has 0 amide bonds. The fraction of sp³-hybridized carbons (Fsp3) is 0.538. The van der Waals surface area contributed by atoms with Crippen LogP contribution in [0.4, 0.5) is 0 Å². The first kappa shape index (κ1) is 14.0. The van der Waals surface area contributed by atoms with E-state index >= 15 is 0 Å². The Bertz CT molecular complexity index is 511. The summed E-state index contributed by atoms with van der Waals surface area (Å²) in [5.41, 5.74) is 0. The first-order valence-corrected chi connectivity index (χ1v) is 8.53. The highest BCUT2D eigenvalue weighted by Crippen LogP contribution is 2.32. The maximum Gasteiger partial charge on any atom is 0.243 e. The lowest BCUT2D eigenvalue weighted by atomic mass is 10.4. The fourth-order valence-corrected chi connectivity index (χ4v) is 4.13. The van der Waals surface area contributed by atoms with Crippen molar-refractivity contribution in [1.29, 1.82) is 0 Å². The Hall–Kier alpha value is -0.390. The van der Waals surface area contributed by atoms with E-state index in [2.05, 4.69) is 15.9 Å². The summed E-state index contributed by atoms with van der Waals surface area (Å²) in [6.45, 7) is 3.28. The second-order valence-corrected chi connectivity index (χ2v) is 7.62. The van der Waals surface area contributed by atoms with Crippen molar-refractivity contribution in [3.8, 4) is 0 Å². The van der Waals surface area contributed by atoms with E-state index in [1.54, 1.807) is 22.5 Å². The second-order valence-electron chi connectivity index (χ2n) is 4.76. The first-order valence-electron chi connectivity index (χ1n) is 6.29. The Morgan fingerprint density at radius 3 is 2.67 bits per heavy atom. The molecule has 1 saturated carbocycles. The summed E-state index contributed by atoms with van der Waals surface area (Å²) in [4.78, 5) is 0.381. The average Bonchev–Trinajstić information content (AvgIpc) is 3.12. The Morgan fingerprint density at radius 2 is 2.11 bits per heavy atom. The van der Waals surface area contributed by atoms with E-state index in [1.807, 2.05) is 13.0 Å². The molecule has 0 aliphatic heterocycles. The lowest BCUT2D eigenvalue weighted by Gasteiger charge is -2.21. The van der Waals surface area contributed by atoms with Gasteiger partial charge in [0.25, 0.3) is 0 Å². The molecule has 0 heterocycles. The average molecular weight is 332 g/mol. The van der Waals surface area contributed by atoms with Gasteiger partial charge in [0.05, 0.1) is 4.90 Å². The maximum absolute atomic E-state index is 12.5. The van der Waals surface area contributed by atoms with E-state index in [0.717, 1.165) is 23.7 Å². The molecule has 3 nitrogen and oxygen atoms in total. The molecule has 1 aromatic carbocycles. The van der Waals surface area contributed by atoms with Crippen LogP contribution in [0.25, 0.3) is 0 Å². The molecule has 1 fully saturated rings. The van der Waals surface area contributed by atoms with Crippen molar-refractivity contribution < 1.29 is 8.42 Å². The molecular weight excluding hydrogens is 314 g/mol. The number of sulfonamides is 1. The molecule has 0 atom stereocenters. The number of nitrogens with zero attached hydrogens (tertiary/aromatic N) is 1. The van der Waals surface area contributed by atoms with Crippen molar-refractivity contribution in [1.82, 2.24) is 4.31 Å². The second kappa shape index (κ2) is 5.72. The van der Waals surface area contributed by atoms with Gasteiger partial charge in [0.1, 0.15) is 0 Å². The molecule has 0 spiro atoms. The summed E-state index contributed by atoms with van der Waals surface area (Å²) in [7, 11) is -3.34. The molecule has 0 bridgehead atoms. The molecule has 1 aromatic rings. The van der Waals surface area contributed by atoms with Crippen LogP contribution < -0.4 is 0 Å². The minimum absolute atomic E-state index is 0.381. The third kappa shape index (κ3) is 3.33. The molecule has 2 rings (SSSR count). The highest BCUT2D eigenvalue weighted by molar-refractivity contribution is 9.10. The summed E-state index contributed by atoms with van der Waals surface area (Å²) in [6.07, 6.45) is 3.17. The van der Waals surface area contributed by atoms with E-state index in [1.165, 1.54) is 0 Å². The van der Waals surface area contributed by atoms with Crippen LogP contribution in [-0.2, 0) is 10.0 Å². The quantitative estimate of drug-likeness (QED) is 0.802. The van der Waals surface area contributed by atoms with E-state index in [0.29, 0.717) is 23.9 Å². The van der Waals surface area contributed by atoms with Crippen LogP contribution in [0.3, 0.4) is 0 Å². The molecule has 0 radical (unpaired) electrons. The number of rotatable bonds is 6. The standard InChI is InChI=1S/C13H18BrNO2S/c1-2-8-15(10-11-6-7-11)18(16,17)13-5-3-4-12(14)9-13/h3-5,9,11H,2,6-8,10H2,1H3. The monoisotopic (exact) mass is 331 g/mol. The van der Waals surface area contributed by atoms with E-state index in [9.17, 15) is 8.42 Å². The van der Waals surface area contributed by atoms with Gasteiger partial charge in [-0.25, -0.2) is 8.42 Å². The molecule has 100 valence electrons. The fourth-order valence-electron chi connectivity index (χ4n) is 1.92. The largest absolute Gasteiger partial charge is 0.243 e. The van der Waals surface area contributed by atoms with Crippen LogP contribution in [0.1, 0.15) is 26.2 Å². The summed E-state index contributed by atoms with van der Waals surface area (Å²) < 4.78 is 27.5. The van der Waals surface area contributed by atoms with Crippen LogP contribution in [0.5, 0.6) is 0 Å². The third-order valence-corrected chi connectivity index (χ3v) is 5.42. The molecule has 0 N–H and O–H groups in total. The predicted molar refractivity (Wildman–Crippen MR) is 75.9 cm³/mol. The molecule has 18 heavy (non-hydrogen) atoms. The van der Waals surface area contributed by atoms with Gasteiger partial charge in [0.2, 0.25) is 10.0 Å². The van der Waals surface area contributed by atoms with Crippen molar-refractivity contribution in [2.45, 2.75) is 31.1 Å². The first-order chi connectivity index (χ1) is 8.54. The van der Waals surface area contributed by atoms with E-state index in [4.69, 9.17) is 0 Å². The number of hydrogen-bond donors (Lipinski definition) is 0. The van der Waals surface area contributed by atoms with Gasteiger partial charge in [-0.15, -0.1) is 0 Å². The normalized spacial score (nSPS) is 16.2. The van der Waals surface area contributed by atoms with Gasteiger partial charge in [-0.05, 0) is 43.4 Å². The lowest BCUT2D eigenvalue weighted by Crippen LogP contribution is -2.33. The zero-order valence-corrected chi connectivity index (χ0v) is 12.9. The van der Waals surface area contributed by atoms with Gasteiger partial charge in [-0.2, -0.15) is 4.31 Å². The highest BCUT2D eigenvalue weighted by atomic mass is 79.9. The zero-order valence-electron chi connectivity index (χ0n) is 10.5. The lowest BCUT2D eigenvalue weighted by molar-refractivity contribution is 0.395. The van der Waals surface area contributed by atoms with Crippen LogP contribution >= 0.6 is 15.9 Å². The van der Waals surface area contributed by atoms with Gasteiger partial charge in [0, 0.05) is 17.6 Å². The molecule has 0 saturated heterocycles. The molecule has 5 heteroatoms. The maximum atomic E-state index is 12.5. The van der Waals surface area contributed by atoms with Crippen molar-refractivity contribution in [3.63, 3.8) is 0 Å². The van der Waals surface area contributed by atoms with Gasteiger partial charge in [-0.1, -0.05) is 28.9 Å². The smallest absolute Gasteiger partial charge is 0.207 e. The van der Waals surface area contributed by atoms with Crippen molar-refractivity contribution in [3.05, 3.63) is 28.7 Å². The summed E-state index contributed by atoms with van der Waals surface area (Å²) >= 11 is 3.32. The highest BCUT2D eigenvalue weighted by Gasteiger charge is 2.31. The van der Waals surface area contributed by atoms with Gasteiger partial charge < -0.3 is 0 Å². The molecule has 1 aliphatic carbocycles. The van der Waals surface area contributed by atoms with Crippen LogP contribution in [0.2, 0.25) is 0 Å². The van der Waals surface area contributed by atoms with Crippen molar-refractivity contribution >= 4 is 26.0 Å². The third-order valence-electron chi connectivity index (χ3n) is 3.07. The minimum Gasteiger partial charge on any atom is -0.207 e. The minimum atomic E-state index is -3.34. The molecule has 1 aliphatic rings. The zero-order chi connectivity index (χ0) is 13.2. The van der Waals surface area contributed by atoms with Crippen molar-refractivity contribution in [2.75, 3.05) is 13.1 Å². The SMILES string of the molecule is CCCN(CC1CC1)S(=O)(=O)c1cccc(Br)c1. The van der Waals surface area contributed by atoms with E-state index < -0.39 is 10.0 Å². The Kier molecular flexibility index (Phi) is 4.45. The van der Waals surface area contributed by atoms with Crippen LogP contribution in [-0.4, -0.2) is 25.8 Å². The molecule has 0 unspecified atom stereocenters. The number of halogens is 1. The van der Waals surface area contributed by atoms with Crippen molar-refractivity contribution in [2.24, 2.45) is 5.92 Å². The Morgan fingerprint density at radius 1 is 1.39 bits per heavy atom. The number of benzene rings is 1. The molecule has 0 aromatic heterocycles. The topological polar surface area (TPSA) is 37.4 Å². The summed E-state index contributed by atoms with van der Waals surface area (Å²) in [5.74, 6) is 0.568. The summed E-state index contributed by atoms with van der Waals surface area (Å²) in [6, 6.07) is 6.93. The molecular formula is C13H18BrNO2S.